The van der Waals surface area contributed by atoms with Crippen molar-refractivity contribution < 1.29 is 4.74 Å². The molecular formula is C14H18N2OS. The van der Waals surface area contributed by atoms with Crippen molar-refractivity contribution in [2.24, 2.45) is 5.73 Å². The average Bonchev–Trinajstić information content (AvgIpc) is 2.68. The normalized spacial score (nSPS) is 12.4. The van der Waals surface area contributed by atoms with Gasteiger partial charge >= 0.3 is 0 Å². The van der Waals surface area contributed by atoms with Crippen molar-refractivity contribution in [3.63, 3.8) is 0 Å². The maximum atomic E-state index is 6.22. The number of aromatic nitrogens is 1. The maximum Gasteiger partial charge on any atom is 0.119 e. The number of methoxy groups -OCH3 is 1. The summed E-state index contributed by atoms with van der Waals surface area (Å²) >= 11 is 1.72. The lowest BCUT2D eigenvalue weighted by atomic mass is 10.0. The molecule has 1 aromatic carbocycles. The SMILES string of the molecule is COc1cccc(C(N)Cc2nc(C)c(C)s2)c1. The quantitative estimate of drug-likeness (QED) is 0.921. The van der Waals surface area contributed by atoms with Crippen molar-refractivity contribution in [2.75, 3.05) is 7.11 Å². The van der Waals surface area contributed by atoms with Gasteiger partial charge in [-0.05, 0) is 31.5 Å². The Hall–Kier alpha value is -1.39. The fraction of sp³-hybridized carbons (Fsp3) is 0.357. The number of rotatable bonds is 4. The molecule has 0 saturated carbocycles. The lowest BCUT2D eigenvalue weighted by Crippen LogP contribution is -2.13. The fourth-order valence-corrected chi connectivity index (χ4v) is 2.80. The molecule has 0 fully saturated rings. The minimum Gasteiger partial charge on any atom is -0.497 e. The molecule has 4 heteroatoms. The van der Waals surface area contributed by atoms with Gasteiger partial charge in [0, 0.05) is 17.3 Å². The van der Waals surface area contributed by atoms with Gasteiger partial charge in [0.2, 0.25) is 0 Å². The minimum atomic E-state index is -0.0370. The largest absolute Gasteiger partial charge is 0.497 e. The summed E-state index contributed by atoms with van der Waals surface area (Å²) < 4.78 is 5.21. The predicted octanol–water partition coefficient (Wildman–Crippen LogP) is 3.01. The second kappa shape index (κ2) is 5.50. The van der Waals surface area contributed by atoms with E-state index in [-0.39, 0.29) is 6.04 Å². The number of benzene rings is 1. The van der Waals surface area contributed by atoms with Crippen LogP contribution in [0.2, 0.25) is 0 Å². The molecule has 1 unspecified atom stereocenters. The molecule has 0 radical (unpaired) electrons. The summed E-state index contributed by atoms with van der Waals surface area (Å²) in [5.41, 5.74) is 8.41. The second-order valence-corrected chi connectivity index (χ2v) is 5.62. The van der Waals surface area contributed by atoms with Crippen LogP contribution in [0.25, 0.3) is 0 Å². The van der Waals surface area contributed by atoms with Crippen molar-refractivity contribution in [3.8, 4) is 5.75 Å². The molecule has 96 valence electrons. The average molecular weight is 262 g/mol. The summed E-state index contributed by atoms with van der Waals surface area (Å²) in [7, 11) is 1.66. The van der Waals surface area contributed by atoms with E-state index in [4.69, 9.17) is 10.5 Å². The monoisotopic (exact) mass is 262 g/mol. The Balaban J connectivity index is 2.13. The molecule has 1 atom stereocenters. The van der Waals surface area contributed by atoms with Crippen LogP contribution in [0.15, 0.2) is 24.3 Å². The standard InChI is InChI=1S/C14H18N2OS/c1-9-10(2)18-14(16-9)8-13(15)11-5-4-6-12(7-11)17-3/h4-7,13H,8,15H2,1-3H3. The molecular weight excluding hydrogens is 244 g/mol. The second-order valence-electron chi connectivity index (χ2n) is 4.34. The van der Waals surface area contributed by atoms with Crippen LogP contribution in [-0.2, 0) is 6.42 Å². The van der Waals surface area contributed by atoms with Gasteiger partial charge in [-0.15, -0.1) is 11.3 Å². The van der Waals surface area contributed by atoms with Crippen molar-refractivity contribution in [3.05, 3.63) is 45.4 Å². The Morgan fingerprint density at radius 1 is 1.39 bits per heavy atom. The van der Waals surface area contributed by atoms with E-state index in [1.807, 2.05) is 31.2 Å². The van der Waals surface area contributed by atoms with E-state index in [2.05, 4.69) is 11.9 Å². The van der Waals surface area contributed by atoms with E-state index in [0.717, 1.165) is 28.4 Å². The summed E-state index contributed by atoms with van der Waals surface area (Å²) in [5.74, 6) is 0.842. The van der Waals surface area contributed by atoms with Crippen LogP contribution in [0.1, 0.15) is 27.2 Å². The highest BCUT2D eigenvalue weighted by Gasteiger charge is 2.11. The van der Waals surface area contributed by atoms with Gasteiger partial charge in [-0.1, -0.05) is 12.1 Å². The Bertz CT molecular complexity index is 517. The molecule has 0 bridgehead atoms. The summed E-state index contributed by atoms with van der Waals surface area (Å²) in [6.45, 7) is 4.12. The van der Waals surface area contributed by atoms with E-state index in [9.17, 15) is 0 Å². The summed E-state index contributed by atoms with van der Waals surface area (Å²) in [6, 6.07) is 7.86. The smallest absolute Gasteiger partial charge is 0.119 e. The van der Waals surface area contributed by atoms with E-state index < -0.39 is 0 Å². The van der Waals surface area contributed by atoms with Gasteiger partial charge in [0.05, 0.1) is 17.8 Å². The first-order chi connectivity index (χ1) is 8.60. The zero-order valence-corrected chi connectivity index (χ0v) is 11.8. The fourth-order valence-electron chi connectivity index (χ4n) is 1.80. The third-order valence-electron chi connectivity index (χ3n) is 2.99. The molecule has 0 aliphatic rings. The van der Waals surface area contributed by atoms with Gasteiger partial charge in [-0.2, -0.15) is 0 Å². The first-order valence-electron chi connectivity index (χ1n) is 5.92. The first-order valence-corrected chi connectivity index (χ1v) is 6.74. The molecule has 0 amide bonds. The van der Waals surface area contributed by atoms with Crippen LogP contribution in [-0.4, -0.2) is 12.1 Å². The van der Waals surface area contributed by atoms with Gasteiger partial charge in [-0.25, -0.2) is 4.98 Å². The van der Waals surface area contributed by atoms with Crippen molar-refractivity contribution in [1.82, 2.24) is 4.98 Å². The van der Waals surface area contributed by atoms with E-state index in [1.165, 1.54) is 4.88 Å². The predicted molar refractivity (Wildman–Crippen MR) is 75.2 cm³/mol. The summed E-state index contributed by atoms with van der Waals surface area (Å²) in [4.78, 5) is 5.79. The van der Waals surface area contributed by atoms with Gasteiger partial charge in [0.15, 0.2) is 0 Å². The van der Waals surface area contributed by atoms with Crippen LogP contribution >= 0.6 is 11.3 Å². The molecule has 0 aliphatic heterocycles. The lowest BCUT2D eigenvalue weighted by molar-refractivity contribution is 0.414. The Labute approximate surface area is 112 Å². The van der Waals surface area contributed by atoms with Crippen LogP contribution in [0.3, 0.4) is 0 Å². The van der Waals surface area contributed by atoms with E-state index in [0.29, 0.717) is 0 Å². The van der Waals surface area contributed by atoms with Crippen LogP contribution in [0.4, 0.5) is 0 Å². The first kappa shape index (κ1) is 13.1. The molecule has 2 rings (SSSR count). The Morgan fingerprint density at radius 2 is 2.17 bits per heavy atom. The van der Waals surface area contributed by atoms with Crippen LogP contribution in [0.5, 0.6) is 5.75 Å². The zero-order chi connectivity index (χ0) is 13.1. The molecule has 18 heavy (non-hydrogen) atoms. The van der Waals surface area contributed by atoms with Gasteiger partial charge in [0.25, 0.3) is 0 Å². The summed E-state index contributed by atoms with van der Waals surface area (Å²) in [6.07, 6.45) is 0.770. The van der Waals surface area contributed by atoms with Gasteiger partial charge in [-0.3, -0.25) is 0 Å². The molecule has 0 saturated heterocycles. The molecule has 2 N–H and O–H groups in total. The molecule has 0 aliphatic carbocycles. The number of nitrogens with zero attached hydrogens (tertiary/aromatic N) is 1. The van der Waals surface area contributed by atoms with Crippen molar-refractivity contribution in [2.45, 2.75) is 26.3 Å². The third kappa shape index (κ3) is 2.89. The highest BCUT2D eigenvalue weighted by molar-refractivity contribution is 7.11. The topological polar surface area (TPSA) is 48.1 Å². The lowest BCUT2D eigenvalue weighted by Gasteiger charge is -2.11. The number of thiazole rings is 1. The van der Waals surface area contributed by atoms with Crippen molar-refractivity contribution in [1.29, 1.82) is 0 Å². The molecule has 0 spiro atoms. The van der Waals surface area contributed by atoms with Crippen LogP contribution in [0, 0.1) is 13.8 Å². The van der Waals surface area contributed by atoms with Gasteiger partial charge < -0.3 is 10.5 Å². The number of aryl methyl sites for hydroxylation is 2. The third-order valence-corrected chi connectivity index (χ3v) is 4.08. The van der Waals surface area contributed by atoms with Crippen molar-refractivity contribution >= 4 is 11.3 Å². The van der Waals surface area contributed by atoms with E-state index in [1.54, 1.807) is 18.4 Å². The highest BCUT2D eigenvalue weighted by Crippen LogP contribution is 2.24. The number of hydrogen-bond acceptors (Lipinski definition) is 4. The highest BCUT2D eigenvalue weighted by atomic mass is 32.1. The number of nitrogens with two attached hydrogens (primary N) is 1. The molecule has 1 heterocycles. The molecule has 3 nitrogen and oxygen atoms in total. The number of ether oxygens (including phenoxy) is 1. The Morgan fingerprint density at radius 3 is 2.78 bits per heavy atom. The van der Waals surface area contributed by atoms with Gasteiger partial charge in [0.1, 0.15) is 5.75 Å². The maximum absolute atomic E-state index is 6.22. The Kier molecular flexibility index (Phi) is 3.99. The molecule has 2 aromatic rings. The van der Waals surface area contributed by atoms with E-state index >= 15 is 0 Å². The summed E-state index contributed by atoms with van der Waals surface area (Å²) in [5, 5.41) is 1.10. The zero-order valence-electron chi connectivity index (χ0n) is 10.9. The molecule has 1 aromatic heterocycles. The number of hydrogen-bond donors (Lipinski definition) is 1. The van der Waals surface area contributed by atoms with Crippen LogP contribution < -0.4 is 10.5 Å². The minimum absolute atomic E-state index is 0.0370.